The summed E-state index contributed by atoms with van der Waals surface area (Å²) in [6.07, 6.45) is 3.07. The van der Waals surface area contributed by atoms with Gasteiger partial charge in [-0.2, -0.15) is 5.26 Å². The monoisotopic (exact) mass is 288 g/mol. The van der Waals surface area contributed by atoms with E-state index in [-0.39, 0.29) is 0 Å². The molecule has 1 aliphatic rings. The lowest BCUT2D eigenvalue weighted by Gasteiger charge is -2.32. The van der Waals surface area contributed by atoms with Crippen LogP contribution in [0.4, 0.5) is 0 Å². The smallest absolute Gasteiger partial charge is 0.161 e. The van der Waals surface area contributed by atoms with Gasteiger partial charge in [0.15, 0.2) is 11.5 Å². The van der Waals surface area contributed by atoms with Crippen molar-refractivity contribution in [3.8, 4) is 17.6 Å². The molecule has 21 heavy (non-hydrogen) atoms. The number of likely N-dealkylation sites (tertiary alicyclic amines) is 1. The summed E-state index contributed by atoms with van der Waals surface area (Å²) < 4.78 is 10.9. The Hall–Kier alpha value is -1.73. The van der Waals surface area contributed by atoms with Crippen molar-refractivity contribution in [2.45, 2.75) is 38.6 Å². The van der Waals surface area contributed by atoms with Gasteiger partial charge in [-0.3, -0.25) is 4.90 Å². The first kappa shape index (κ1) is 15.7. The minimum absolute atomic E-state index is 0.450. The minimum Gasteiger partial charge on any atom is -0.493 e. The highest BCUT2D eigenvalue weighted by atomic mass is 16.5. The van der Waals surface area contributed by atoms with Crippen molar-refractivity contribution >= 4 is 0 Å². The molecule has 0 amide bonds. The Morgan fingerprint density at radius 2 is 2.00 bits per heavy atom. The largest absolute Gasteiger partial charge is 0.493 e. The van der Waals surface area contributed by atoms with E-state index in [4.69, 9.17) is 9.47 Å². The molecule has 1 aliphatic heterocycles. The molecule has 1 saturated heterocycles. The molecular weight excluding hydrogens is 264 g/mol. The lowest BCUT2D eigenvalue weighted by molar-refractivity contribution is 0.191. The van der Waals surface area contributed by atoms with Crippen LogP contribution in [-0.4, -0.2) is 37.2 Å². The Labute approximate surface area is 127 Å². The fourth-order valence-electron chi connectivity index (χ4n) is 2.93. The van der Waals surface area contributed by atoms with E-state index in [0.717, 1.165) is 30.2 Å². The highest BCUT2D eigenvalue weighted by Gasteiger charge is 2.34. The van der Waals surface area contributed by atoms with Crippen molar-refractivity contribution in [1.29, 1.82) is 5.26 Å². The number of rotatable bonds is 6. The normalized spacial score (nSPS) is 18.0. The summed E-state index contributed by atoms with van der Waals surface area (Å²) in [5, 5.41) is 9.63. The van der Waals surface area contributed by atoms with Crippen LogP contribution in [0.25, 0.3) is 0 Å². The number of benzene rings is 1. The van der Waals surface area contributed by atoms with Gasteiger partial charge in [-0.1, -0.05) is 6.07 Å². The van der Waals surface area contributed by atoms with Gasteiger partial charge in [0.1, 0.15) is 5.54 Å². The summed E-state index contributed by atoms with van der Waals surface area (Å²) in [7, 11) is 1.64. The van der Waals surface area contributed by atoms with Crippen LogP contribution in [0.5, 0.6) is 11.5 Å². The second kappa shape index (κ2) is 6.82. The number of hydrogen-bond acceptors (Lipinski definition) is 4. The van der Waals surface area contributed by atoms with Gasteiger partial charge < -0.3 is 9.47 Å². The van der Waals surface area contributed by atoms with E-state index in [1.807, 2.05) is 32.0 Å². The van der Waals surface area contributed by atoms with E-state index in [2.05, 4.69) is 11.0 Å². The maximum atomic E-state index is 9.63. The van der Waals surface area contributed by atoms with Crippen LogP contribution >= 0.6 is 0 Å². The third kappa shape index (κ3) is 3.48. The number of ether oxygens (including phenoxy) is 2. The van der Waals surface area contributed by atoms with Gasteiger partial charge in [-0.05, 0) is 57.5 Å². The lowest BCUT2D eigenvalue weighted by atomic mass is 9.92. The first-order valence-corrected chi connectivity index (χ1v) is 7.59. The Bertz CT molecular complexity index is 518. The minimum atomic E-state index is -0.450. The van der Waals surface area contributed by atoms with Crippen LogP contribution < -0.4 is 9.47 Å². The second-order valence-corrected chi connectivity index (χ2v) is 5.67. The van der Waals surface area contributed by atoms with Gasteiger partial charge in [0.05, 0.1) is 19.8 Å². The molecule has 4 heteroatoms. The zero-order valence-corrected chi connectivity index (χ0v) is 13.2. The van der Waals surface area contributed by atoms with Crippen molar-refractivity contribution in [1.82, 2.24) is 4.90 Å². The Kier molecular flexibility index (Phi) is 5.08. The van der Waals surface area contributed by atoms with Crippen molar-refractivity contribution in [2.75, 3.05) is 26.8 Å². The highest BCUT2D eigenvalue weighted by molar-refractivity contribution is 5.43. The lowest BCUT2D eigenvalue weighted by Crippen LogP contribution is -2.45. The molecule has 0 saturated carbocycles. The van der Waals surface area contributed by atoms with Gasteiger partial charge in [-0.25, -0.2) is 0 Å². The zero-order valence-electron chi connectivity index (χ0n) is 13.2. The predicted octanol–water partition coefficient (Wildman–Crippen LogP) is 3.01. The van der Waals surface area contributed by atoms with E-state index in [1.165, 1.54) is 12.8 Å². The zero-order chi connectivity index (χ0) is 15.3. The van der Waals surface area contributed by atoms with Crippen molar-refractivity contribution in [3.05, 3.63) is 23.8 Å². The Balaban J connectivity index is 2.21. The standard InChI is InChI=1S/C17H24N2O2/c1-4-21-16-11-14(7-8-15(16)20-3)12-17(2,13-18)19-9-5-6-10-19/h7-8,11H,4-6,9-10,12H2,1-3H3. The maximum absolute atomic E-state index is 9.63. The second-order valence-electron chi connectivity index (χ2n) is 5.67. The van der Waals surface area contributed by atoms with Crippen molar-refractivity contribution < 1.29 is 9.47 Å². The number of nitriles is 1. The molecule has 0 bridgehead atoms. The van der Waals surface area contributed by atoms with Gasteiger partial charge in [0.25, 0.3) is 0 Å². The van der Waals surface area contributed by atoms with Gasteiger partial charge in [0, 0.05) is 6.42 Å². The highest BCUT2D eigenvalue weighted by Crippen LogP contribution is 2.31. The van der Waals surface area contributed by atoms with Crippen LogP contribution in [0.1, 0.15) is 32.3 Å². The average molecular weight is 288 g/mol. The summed E-state index contributed by atoms with van der Waals surface area (Å²) in [5.41, 5.74) is 0.657. The molecule has 1 atom stereocenters. The molecule has 0 aromatic heterocycles. The molecule has 4 nitrogen and oxygen atoms in total. The molecule has 1 unspecified atom stereocenters. The molecule has 0 aliphatic carbocycles. The Morgan fingerprint density at radius 1 is 1.29 bits per heavy atom. The molecule has 1 aromatic rings. The van der Waals surface area contributed by atoms with Crippen molar-refractivity contribution in [2.24, 2.45) is 0 Å². The van der Waals surface area contributed by atoms with E-state index in [0.29, 0.717) is 13.0 Å². The molecule has 1 fully saturated rings. The molecule has 114 valence electrons. The first-order valence-electron chi connectivity index (χ1n) is 7.59. The summed E-state index contributed by atoms with van der Waals surface area (Å²) in [4.78, 5) is 2.29. The van der Waals surface area contributed by atoms with Crippen LogP contribution in [0, 0.1) is 11.3 Å². The molecule has 1 aromatic carbocycles. The fourth-order valence-corrected chi connectivity index (χ4v) is 2.93. The Morgan fingerprint density at radius 3 is 2.57 bits per heavy atom. The summed E-state index contributed by atoms with van der Waals surface area (Å²) in [6.45, 7) is 6.61. The maximum Gasteiger partial charge on any atom is 0.161 e. The summed E-state index contributed by atoms with van der Waals surface area (Å²) in [5.74, 6) is 1.49. The molecule has 0 radical (unpaired) electrons. The van der Waals surface area contributed by atoms with Crippen LogP contribution in [-0.2, 0) is 6.42 Å². The van der Waals surface area contributed by atoms with Crippen molar-refractivity contribution in [3.63, 3.8) is 0 Å². The number of hydrogen-bond donors (Lipinski definition) is 0. The topological polar surface area (TPSA) is 45.5 Å². The predicted molar refractivity (Wildman–Crippen MR) is 82.7 cm³/mol. The quantitative estimate of drug-likeness (QED) is 0.807. The van der Waals surface area contributed by atoms with Crippen LogP contribution in [0.2, 0.25) is 0 Å². The third-order valence-corrected chi connectivity index (χ3v) is 4.12. The SMILES string of the molecule is CCOc1cc(CC(C)(C#N)N2CCCC2)ccc1OC. The van der Waals surface area contributed by atoms with Crippen LogP contribution in [0.3, 0.4) is 0 Å². The molecular formula is C17H24N2O2. The van der Waals surface area contributed by atoms with Gasteiger partial charge in [0.2, 0.25) is 0 Å². The molecule has 0 spiro atoms. The fraction of sp³-hybridized carbons (Fsp3) is 0.588. The number of nitrogens with zero attached hydrogens (tertiary/aromatic N) is 2. The molecule has 0 N–H and O–H groups in total. The van der Waals surface area contributed by atoms with E-state index < -0.39 is 5.54 Å². The number of methoxy groups -OCH3 is 1. The van der Waals surface area contributed by atoms with E-state index in [9.17, 15) is 5.26 Å². The molecule has 2 rings (SSSR count). The van der Waals surface area contributed by atoms with E-state index in [1.54, 1.807) is 7.11 Å². The van der Waals surface area contributed by atoms with Gasteiger partial charge >= 0.3 is 0 Å². The first-order chi connectivity index (χ1) is 10.1. The van der Waals surface area contributed by atoms with Gasteiger partial charge in [-0.15, -0.1) is 0 Å². The summed E-state index contributed by atoms with van der Waals surface area (Å²) >= 11 is 0. The van der Waals surface area contributed by atoms with E-state index >= 15 is 0 Å². The summed E-state index contributed by atoms with van der Waals surface area (Å²) in [6, 6.07) is 8.44. The molecule has 1 heterocycles. The third-order valence-electron chi connectivity index (χ3n) is 4.12. The average Bonchev–Trinajstić information content (AvgIpc) is 3.03. The van der Waals surface area contributed by atoms with Crippen LogP contribution in [0.15, 0.2) is 18.2 Å².